The number of carbonyl (C=O) groups excluding carboxylic acids is 1. The minimum absolute atomic E-state index is 0.264. The molecule has 26 heavy (non-hydrogen) atoms. The average Bonchev–Trinajstić information content (AvgIpc) is 2.91. The van der Waals surface area contributed by atoms with Crippen LogP contribution in [0.3, 0.4) is 0 Å². The van der Waals surface area contributed by atoms with Crippen LogP contribution in [0.15, 0.2) is 24.3 Å². The molecule has 2 fully saturated rings. The number of alkyl halides is 1. The first-order valence-corrected chi connectivity index (χ1v) is 9.62. The van der Waals surface area contributed by atoms with Gasteiger partial charge in [0.2, 0.25) is 0 Å². The maximum absolute atomic E-state index is 13.1. The van der Waals surface area contributed by atoms with Crippen LogP contribution in [-0.2, 0) is 11.3 Å². The number of benzene rings is 1. The minimum Gasteiger partial charge on any atom is -0.465 e. The highest BCUT2D eigenvalue weighted by atomic mass is 19.1. The second-order valence-electron chi connectivity index (χ2n) is 7.81. The summed E-state index contributed by atoms with van der Waals surface area (Å²) in [5.74, 6) is 0.341. The van der Waals surface area contributed by atoms with Crippen LogP contribution in [-0.4, -0.2) is 47.8 Å². The highest BCUT2D eigenvalue weighted by Gasteiger charge is 2.34. The van der Waals surface area contributed by atoms with Gasteiger partial charge in [0.1, 0.15) is 6.17 Å². The van der Waals surface area contributed by atoms with Crippen molar-refractivity contribution in [3.63, 3.8) is 0 Å². The van der Waals surface area contributed by atoms with Crippen molar-refractivity contribution in [3.05, 3.63) is 35.5 Å². The maximum Gasteiger partial charge on any atom is 0.340 e. The van der Waals surface area contributed by atoms with Crippen molar-refractivity contribution in [2.24, 2.45) is 5.92 Å². The lowest BCUT2D eigenvalue weighted by molar-refractivity contribution is 0.00740. The zero-order chi connectivity index (χ0) is 18.3. The summed E-state index contributed by atoms with van der Waals surface area (Å²) in [6, 6.07) is 8.63. The lowest BCUT2D eigenvalue weighted by Gasteiger charge is -2.43. The van der Waals surface area contributed by atoms with Gasteiger partial charge < -0.3 is 9.30 Å². The molecule has 0 atom stereocenters. The lowest BCUT2D eigenvalue weighted by Crippen LogP contribution is -2.54. The molecule has 0 amide bonds. The van der Waals surface area contributed by atoms with Crippen LogP contribution in [0.5, 0.6) is 0 Å². The predicted molar refractivity (Wildman–Crippen MR) is 100 cm³/mol. The number of carbonyl (C=O) groups is 1. The Balaban J connectivity index is 1.51. The highest BCUT2D eigenvalue weighted by molar-refractivity contribution is 6.05. The van der Waals surface area contributed by atoms with Gasteiger partial charge in [-0.3, -0.25) is 4.90 Å². The summed E-state index contributed by atoms with van der Waals surface area (Å²) in [6.45, 7) is 4.19. The molecule has 1 aromatic heterocycles. The first-order valence-electron chi connectivity index (χ1n) is 9.62. The summed E-state index contributed by atoms with van der Waals surface area (Å²) in [5, 5.41) is 0.972. The number of hydrogen-bond acceptors (Lipinski definition) is 3. The van der Waals surface area contributed by atoms with E-state index in [1.807, 2.05) is 25.1 Å². The van der Waals surface area contributed by atoms with E-state index in [0.29, 0.717) is 30.6 Å². The van der Waals surface area contributed by atoms with Gasteiger partial charge in [-0.15, -0.1) is 0 Å². The summed E-state index contributed by atoms with van der Waals surface area (Å²) in [4.78, 5) is 14.6. The van der Waals surface area contributed by atoms with Gasteiger partial charge in [-0.2, -0.15) is 0 Å². The highest BCUT2D eigenvalue weighted by Crippen LogP contribution is 2.34. The number of methoxy groups -OCH3 is 1. The number of esters is 1. The summed E-state index contributed by atoms with van der Waals surface area (Å²) >= 11 is 0. The van der Waals surface area contributed by atoms with E-state index in [1.165, 1.54) is 7.11 Å². The standard InChI is InChI=1S/C21H27FN2O2/c1-14-20(21(25)26-2)18-5-3-4-6-19(18)24(14)11-15-7-9-17(10-8-15)23-12-16(22)13-23/h3-6,15-17H,7-13H2,1-2H3. The van der Waals surface area contributed by atoms with Gasteiger partial charge in [0.05, 0.1) is 12.7 Å². The Morgan fingerprint density at radius 1 is 1.19 bits per heavy atom. The maximum atomic E-state index is 13.1. The molecule has 1 saturated carbocycles. The second-order valence-corrected chi connectivity index (χ2v) is 7.81. The quantitative estimate of drug-likeness (QED) is 0.776. The Morgan fingerprint density at radius 3 is 2.54 bits per heavy atom. The van der Waals surface area contributed by atoms with Gasteiger partial charge in [-0.05, 0) is 44.6 Å². The van der Waals surface area contributed by atoms with Crippen LogP contribution >= 0.6 is 0 Å². The molecular weight excluding hydrogens is 331 g/mol. The van der Waals surface area contributed by atoms with E-state index < -0.39 is 6.17 Å². The summed E-state index contributed by atoms with van der Waals surface area (Å²) in [5.41, 5.74) is 2.78. The monoisotopic (exact) mass is 358 g/mol. The van der Waals surface area contributed by atoms with Crippen molar-refractivity contribution in [1.29, 1.82) is 0 Å². The SMILES string of the molecule is COC(=O)c1c(C)n(CC2CCC(N3CC(F)C3)CC2)c2ccccc12. The molecular formula is C21H27FN2O2. The molecule has 1 aliphatic heterocycles. The first-order chi connectivity index (χ1) is 12.6. The number of fused-ring (bicyclic) bond motifs is 1. The fraction of sp³-hybridized carbons (Fsp3) is 0.571. The van der Waals surface area contributed by atoms with Crippen molar-refractivity contribution in [3.8, 4) is 0 Å². The zero-order valence-corrected chi connectivity index (χ0v) is 15.6. The van der Waals surface area contributed by atoms with Crippen molar-refractivity contribution in [2.45, 2.75) is 51.4 Å². The summed E-state index contributed by atoms with van der Waals surface area (Å²) < 4.78 is 20.4. The molecule has 4 rings (SSSR count). The normalized spacial score (nSPS) is 24.6. The van der Waals surface area contributed by atoms with E-state index in [1.54, 1.807) is 0 Å². The molecule has 140 valence electrons. The number of likely N-dealkylation sites (tertiary alicyclic amines) is 1. The number of nitrogens with zero attached hydrogens (tertiary/aromatic N) is 2. The van der Waals surface area contributed by atoms with Gasteiger partial charge in [-0.25, -0.2) is 9.18 Å². The number of rotatable bonds is 4. The van der Waals surface area contributed by atoms with Gasteiger partial charge in [0, 0.05) is 42.3 Å². The van der Waals surface area contributed by atoms with Crippen LogP contribution in [0.2, 0.25) is 0 Å². The molecule has 4 nitrogen and oxygen atoms in total. The minimum atomic E-state index is -0.613. The molecule has 0 unspecified atom stereocenters. The third-order valence-electron chi connectivity index (χ3n) is 6.26. The van der Waals surface area contributed by atoms with Gasteiger partial charge in [-0.1, -0.05) is 18.2 Å². The van der Waals surface area contributed by atoms with E-state index in [9.17, 15) is 9.18 Å². The van der Waals surface area contributed by atoms with Crippen molar-refractivity contribution < 1.29 is 13.9 Å². The van der Waals surface area contributed by atoms with Gasteiger partial charge in [0.15, 0.2) is 0 Å². The Morgan fingerprint density at radius 2 is 1.88 bits per heavy atom. The third-order valence-corrected chi connectivity index (χ3v) is 6.26. The molecule has 1 aromatic carbocycles. The van der Waals surface area contributed by atoms with Crippen LogP contribution in [0.25, 0.3) is 10.9 Å². The third kappa shape index (κ3) is 3.02. The molecule has 0 bridgehead atoms. The van der Waals surface area contributed by atoms with E-state index in [-0.39, 0.29) is 5.97 Å². The molecule has 2 heterocycles. The van der Waals surface area contributed by atoms with Crippen LogP contribution < -0.4 is 0 Å². The lowest BCUT2D eigenvalue weighted by atomic mass is 9.84. The summed E-state index contributed by atoms with van der Waals surface area (Å²) in [6.07, 6.45) is 4.02. The van der Waals surface area contributed by atoms with Crippen molar-refractivity contribution in [1.82, 2.24) is 9.47 Å². The number of para-hydroxylation sites is 1. The van der Waals surface area contributed by atoms with Gasteiger partial charge >= 0.3 is 5.97 Å². The number of aromatic nitrogens is 1. The molecule has 1 saturated heterocycles. The van der Waals surface area contributed by atoms with E-state index >= 15 is 0 Å². The fourth-order valence-corrected chi connectivity index (χ4v) is 4.73. The van der Waals surface area contributed by atoms with Crippen molar-refractivity contribution >= 4 is 16.9 Å². The molecule has 1 aliphatic carbocycles. The average molecular weight is 358 g/mol. The smallest absolute Gasteiger partial charge is 0.340 e. The molecule has 0 N–H and O–H groups in total. The van der Waals surface area contributed by atoms with E-state index in [4.69, 9.17) is 4.74 Å². The van der Waals surface area contributed by atoms with E-state index in [2.05, 4.69) is 15.5 Å². The molecule has 0 radical (unpaired) electrons. The topological polar surface area (TPSA) is 34.5 Å². The zero-order valence-electron chi connectivity index (χ0n) is 15.6. The Hall–Kier alpha value is -1.88. The van der Waals surface area contributed by atoms with Crippen molar-refractivity contribution in [2.75, 3.05) is 20.2 Å². The summed E-state index contributed by atoms with van der Waals surface area (Å²) in [7, 11) is 1.44. The Labute approximate surface area is 153 Å². The van der Waals surface area contributed by atoms with Gasteiger partial charge in [0.25, 0.3) is 0 Å². The number of ether oxygens (including phenoxy) is 1. The van der Waals surface area contributed by atoms with Crippen LogP contribution in [0.1, 0.15) is 41.7 Å². The van der Waals surface area contributed by atoms with Crippen LogP contribution in [0.4, 0.5) is 4.39 Å². The number of hydrogen-bond donors (Lipinski definition) is 0. The molecule has 0 spiro atoms. The second kappa shape index (κ2) is 7.03. The Kier molecular flexibility index (Phi) is 4.74. The predicted octanol–water partition coefficient (Wildman–Crippen LogP) is 3.95. The van der Waals surface area contributed by atoms with Crippen LogP contribution in [0, 0.1) is 12.8 Å². The molecule has 2 aromatic rings. The number of halogens is 1. The fourth-order valence-electron chi connectivity index (χ4n) is 4.73. The first kappa shape index (κ1) is 17.5. The van der Waals surface area contributed by atoms with E-state index in [0.717, 1.165) is 48.8 Å². The molecule has 5 heteroatoms. The largest absolute Gasteiger partial charge is 0.465 e. The Bertz CT molecular complexity index is 802. The molecule has 2 aliphatic rings.